The average molecular weight is 434 g/mol. The van der Waals surface area contributed by atoms with Crippen molar-refractivity contribution in [1.29, 1.82) is 0 Å². The zero-order chi connectivity index (χ0) is 22.0. The van der Waals surface area contributed by atoms with Crippen LogP contribution in [-0.2, 0) is 9.59 Å². The Kier molecular flexibility index (Phi) is 4.84. The SMILES string of the molecule is COc1cc(OC)c2c(c1Cl)O[C@@]1(C(=O)C3=C(C[C@H]1C)NC(=O)CC3C(C)C)C2=O. The highest BCUT2D eigenvalue weighted by atomic mass is 35.5. The van der Waals surface area contributed by atoms with Crippen molar-refractivity contribution in [2.75, 3.05) is 14.2 Å². The molecule has 160 valence electrons. The van der Waals surface area contributed by atoms with Gasteiger partial charge in [-0.05, 0) is 12.3 Å². The molecule has 1 spiro atoms. The number of methoxy groups -OCH3 is 2. The first-order valence-electron chi connectivity index (χ1n) is 9.93. The summed E-state index contributed by atoms with van der Waals surface area (Å²) in [6, 6.07) is 1.52. The zero-order valence-electron chi connectivity index (χ0n) is 17.6. The molecule has 30 heavy (non-hydrogen) atoms. The molecule has 3 atom stereocenters. The van der Waals surface area contributed by atoms with E-state index in [2.05, 4.69) is 5.32 Å². The van der Waals surface area contributed by atoms with Gasteiger partial charge in [-0.2, -0.15) is 0 Å². The van der Waals surface area contributed by atoms with Crippen molar-refractivity contribution >= 4 is 29.1 Å². The lowest BCUT2D eigenvalue weighted by Gasteiger charge is -2.42. The van der Waals surface area contributed by atoms with Crippen LogP contribution in [0.25, 0.3) is 0 Å². The summed E-state index contributed by atoms with van der Waals surface area (Å²) in [5.74, 6) is -1.10. The molecular weight excluding hydrogens is 410 g/mol. The minimum Gasteiger partial charge on any atom is -0.496 e. The summed E-state index contributed by atoms with van der Waals surface area (Å²) < 4.78 is 16.8. The molecule has 8 heteroatoms. The fraction of sp³-hybridized carbons (Fsp3) is 0.500. The molecule has 0 radical (unpaired) electrons. The van der Waals surface area contributed by atoms with Gasteiger partial charge in [-0.25, -0.2) is 0 Å². The predicted molar refractivity (Wildman–Crippen MR) is 109 cm³/mol. The maximum absolute atomic E-state index is 13.9. The molecule has 1 aromatic rings. The number of ketones is 2. The van der Waals surface area contributed by atoms with Gasteiger partial charge in [0.1, 0.15) is 22.1 Å². The standard InChI is InChI=1S/C22H24ClNO6/c1-9(2)11-7-15(25)24-12-6-10(3)22(20(26)16(11)12)21(27)17-13(28-4)8-14(29-5)18(23)19(17)30-22/h8-11H,6-7H2,1-5H3,(H,24,25)/t10-,11?,22+/m1/s1. The fourth-order valence-electron chi connectivity index (χ4n) is 4.80. The van der Waals surface area contributed by atoms with Crippen LogP contribution >= 0.6 is 11.6 Å². The molecule has 0 fully saturated rings. The smallest absolute Gasteiger partial charge is 0.236 e. The molecule has 1 unspecified atom stereocenters. The number of carbonyl (C=O) groups excluding carboxylic acids is 3. The van der Waals surface area contributed by atoms with Gasteiger partial charge in [-0.15, -0.1) is 0 Å². The molecule has 0 aromatic heterocycles. The van der Waals surface area contributed by atoms with Gasteiger partial charge in [-0.1, -0.05) is 32.4 Å². The Labute approximate surface area is 179 Å². The van der Waals surface area contributed by atoms with Crippen LogP contribution in [0.2, 0.25) is 5.02 Å². The van der Waals surface area contributed by atoms with Crippen molar-refractivity contribution in [2.45, 2.75) is 39.2 Å². The van der Waals surface area contributed by atoms with Gasteiger partial charge in [0.2, 0.25) is 23.1 Å². The Bertz CT molecular complexity index is 1010. The Hall–Kier alpha value is -2.54. The van der Waals surface area contributed by atoms with Crippen molar-refractivity contribution in [3.8, 4) is 17.2 Å². The first-order valence-corrected chi connectivity index (χ1v) is 10.3. The third-order valence-corrected chi connectivity index (χ3v) is 6.76. The summed E-state index contributed by atoms with van der Waals surface area (Å²) in [5, 5.41) is 2.96. The van der Waals surface area contributed by atoms with Gasteiger partial charge in [-0.3, -0.25) is 14.4 Å². The third-order valence-electron chi connectivity index (χ3n) is 6.40. The van der Waals surface area contributed by atoms with Crippen LogP contribution in [0, 0.1) is 17.8 Å². The van der Waals surface area contributed by atoms with Crippen LogP contribution in [0.4, 0.5) is 0 Å². The number of ether oxygens (including phenoxy) is 3. The number of hydrogen-bond acceptors (Lipinski definition) is 6. The average Bonchev–Trinajstić information content (AvgIpc) is 3.01. The Morgan fingerprint density at radius 2 is 1.80 bits per heavy atom. The largest absolute Gasteiger partial charge is 0.496 e. The Balaban J connectivity index is 1.90. The first kappa shape index (κ1) is 20.7. The molecule has 7 nitrogen and oxygen atoms in total. The molecule has 4 rings (SSSR count). The highest BCUT2D eigenvalue weighted by Crippen LogP contribution is 2.54. The maximum Gasteiger partial charge on any atom is 0.236 e. The van der Waals surface area contributed by atoms with Crippen LogP contribution in [0.5, 0.6) is 17.2 Å². The molecule has 0 saturated heterocycles. The molecule has 3 aliphatic rings. The second-order valence-electron chi connectivity index (χ2n) is 8.40. The van der Waals surface area contributed by atoms with Crippen LogP contribution in [0.1, 0.15) is 44.0 Å². The van der Waals surface area contributed by atoms with Gasteiger partial charge in [0, 0.05) is 35.6 Å². The number of Topliss-reactive ketones (excluding diaryl/α,β-unsaturated/α-hetero) is 2. The monoisotopic (exact) mass is 433 g/mol. The molecule has 2 heterocycles. The summed E-state index contributed by atoms with van der Waals surface area (Å²) in [6.07, 6.45) is 0.540. The van der Waals surface area contributed by atoms with Crippen LogP contribution < -0.4 is 19.5 Å². The minimum absolute atomic E-state index is 0.0487. The molecule has 0 bridgehead atoms. The molecule has 1 N–H and O–H groups in total. The van der Waals surface area contributed by atoms with Gasteiger partial charge in [0.15, 0.2) is 5.75 Å². The van der Waals surface area contributed by atoms with Crippen molar-refractivity contribution in [2.24, 2.45) is 17.8 Å². The van der Waals surface area contributed by atoms with Crippen molar-refractivity contribution in [3.63, 3.8) is 0 Å². The van der Waals surface area contributed by atoms with Crippen LogP contribution in [0.15, 0.2) is 17.3 Å². The lowest BCUT2D eigenvalue weighted by Crippen LogP contribution is -2.59. The zero-order valence-corrected chi connectivity index (χ0v) is 18.3. The van der Waals surface area contributed by atoms with E-state index in [1.807, 2.05) is 13.8 Å². The summed E-state index contributed by atoms with van der Waals surface area (Å²) in [4.78, 5) is 39.8. The summed E-state index contributed by atoms with van der Waals surface area (Å²) in [5.41, 5.74) is -0.518. The number of fused-ring (bicyclic) bond motifs is 1. The van der Waals surface area contributed by atoms with Crippen LogP contribution in [-0.4, -0.2) is 37.3 Å². The number of amides is 1. The normalized spacial score (nSPS) is 27.8. The molecule has 1 aromatic carbocycles. The summed E-state index contributed by atoms with van der Waals surface area (Å²) >= 11 is 6.44. The van der Waals surface area contributed by atoms with E-state index in [-0.39, 0.29) is 52.0 Å². The topological polar surface area (TPSA) is 90.9 Å². The number of halogens is 1. The number of benzene rings is 1. The molecule has 2 aliphatic heterocycles. The number of allylic oxidation sites excluding steroid dienone is 1. The van der Waals surface area contributed by atoms with Gasteiger partial charge < -0.3 is 19.5 Å². The van der Waals surface area contributed by atoms with E-state index in [4.69, 9.17) is 25.8 Å². The third kappa shape index (κ3) is 2.61. The Morgan fingerprint density at radius 1 is 1.13 bits per heavy atom. The molecule has 0 saturated carbocycles. The number of carbonyl (C=O) groups is 3. The second-order valence-corrected chi connectivity index (χ2v) is 8.77. The highest BCUT2D eigenvalue weighted by Gasteiger charge is 2.63. The van der Waals surface area contributed by atoms with Crippen LogP contribution in [0.3, 0.4) is 0 Å². The van der Waals surface area contributed by atoms with E-state index < -0.39 is 23.1 Å². The van der Waals surface area contributed by atoms with E-state index in [1.165, 1.54) is 20.3 Å². The maximum atomic E-state index is 13.9. The first-order chi connectivity index (χ1) is 14.2. The van der Waals surface area contributed by atoms with Crippen molar-refractivity contribution in [1.82, 2.24) is 5.32 Å². The predicted octanol–water partition coefficient (Wildman–Crippen LogP) is 3.33. The van der Waals surface area contributed by atoms with E-state index in [0.717, 1.165) is 0 Å². The van der Waals surface area contributed by atoms with Gasteiger partial charge >= 0.3 is 0 Å². The van der Waals surface area contributed by atoms with E-state index in [9.17, 15) is 14.4 Å². The molecule has 1 amide bonds. The van der Waals surface area contributed by atoms with Crippen molar-refractivity contribution in [3.05, 3.63) is 27.9 Å². The molecular formula is C22H24ClNO6. The summed E-state index contributed by atoms with van der Waals surface area (Å²) in [6.45, 7) is 5.69. The van der Waals surface area contributed by atoms with E-state index in [0.29, 0.717) is 17.7 Å². The number of hydrogen-bond donors (Lipinski definition) is 1. The Morgan fingerprint density at radius 3 is 2.40 bits per heavy atom. The van der Waals surface area contributed by atoms with E-state index in [1.54, 1.807) is 6.92 Å². The van der Waals surface area contributed by atoms with Gasteiger partial charge in [0.25, 0.3) is 0 Å². The minimum atomic E-state index is -1.74. The fourth-order valence-corrected chi connectivity index (χ4v) is 5.06. The summed E-state index contributed by atoms with van der Waals surface area (Å²) in [7, 11) is 2.88. The highest BCUT2D eigenvalue weighted by molar-refractivity contribution is 6.36. The lowest BCUT2D eigenvalue weighted by molar-refractivity contribution is -0.132. The van der Waals surface area contributed by atoms with Gasteiger partial charge in [0.05, 0.1) is 14.2 Å². The van der Waals surface area contributed by atoms with Crippen molar-refractivity contribution < 1.29 is 28.6 Å². The quantitative estimate of drug-likeness (QED) is 0.735. The number of rotatable bonds is 3. The van der Waals surface area contributed by atoms with E-state index >= 15 is 0 Å². The lowest BCUT2D eigenvalue weighted by atomic mass is 9.65. The molecule has 1 aliphatic carbocycles. The number of nitrogens with one attached hydrogen (secondary N) is 1. The second kappa shape index (κ2) is 7.01.